The van der Waals surface area contributed by atoms with E-state index < -0.39 is 11.2 Å². The highest BCUT2D eigenvalue weighted by molar-refractivity contribution is 5.66. The number of rotatable bonds is 17. The van der Waals surface area contributed by atoms with Crippen LogP contribution in [0.4, 0.5) is 0 Å². The molecule has 0 aliphatic heterocycles. The maximum absolute atomic E-state index is 11.3. The quantitative estimate of drug-likeness (QED) is 0.0476. The number of fused-ring (bicyclic) bond motifs is 2. The van der Waals surface area contributed by atoms with Crippen molar-refractivity contribution in [2.75, 3.05) is 34.4 Å². The van der Waals surface area contributed by atoms with Gasteiger partial charge >= 0.3 is 5.97 Å². The predicted molar refractivity (Wildman–Crippen MR) is 628 cm³/mol. The zero-order valence-corrected chi connectivity index (χ0v) is 106. The Morgan fingerprint density at radius 3 is 1.03 bits per heavy atom. The summed E-state index contributed by atoms with van der Waals surface area (Å²) in [6.07, 6.45) is 52.3. The van der Waals surface area contributed by atoms with Gasteiger partial charge in [-0.25, -0.2) is 0 Å². The largest absolute Gasteiger partial charge is 0.462 e. The van der Waals surface area contributed by atoms with E-state index in [1.54, 1.807) is 74.0 Å². The molecule has 11 heteroatoms. The van der Waals surface area contributed by atoms with E-state index >= 15 is 0 Å². The number of carbonyl (C=O) groups is 1. The SMILES string of the molecule is CC(=O)OC(C)C1(C)CC2=C(CCCC2(C)C)CC1C.CC(O)C1(C)CC2=C(CCCC2(C)C)CC1C.CC(O)C1(C)CC2C(CCCC2(C)C)CC1C.CC1CC2=C(CC1(C)C(C)(C)O)C(C)(C)CCC2.CC1CC2CCCC(C)(C)C2CC1(C)C(C)(C)O.CCOCOC(C)C1CC2=C(CCCC2(C)C)CC1C.COC(C)C1(C)CC2=C(CCCC2(C)C)CC1C.COCOC(C)C1(C)CC2=C(CCCC2(C)C)CC1C. The molecule has 0 spiro atoms. The average Bonchev–Trinajstić information content (AvgIpc) is 0.734. The van der Waals surface area contributed by atoms with Gasteiger partial charge in [0.05, 0.1) is 41.7 Å². The first kappa shape index (κ1) is 129. The third-order valence-electron chi connectivity index (χ3n) is 48.6. The van der Waals surface area contributed by atoms with Crippen molar-refractivity contribution >= 4 is 5.97 Å². The number of ether oxygens (including phenoxy) is 6. The first-order valence-electron chi connectivity index (χ1n) is 62.0. The van der Waals surface area contributed by atoms with Crippen LogP contribution in [0.1, 0.15) is 555 Å². The first-order chi connectivity index (χ1) is 67.9. The number of esters is 1. The van der Waals surface area contributed by atoms with Gasteiger partial charge in [-0.1, -0.05) is 307 Å². The van der Waals surface area contributed by atoms with Crippen LogP contribution in [-0.2, 0) is 33.2 Å². The molecule has 0 heterocycles. The molecule has 11 nitrogen and oxygen atoms in total. The van der Waals surface area contributed by atoms with Gasteiger partial charge < -0.3 is 48.8 Å². The molecule has 4 saturated carbocycles. The number of aliphatic hydroxyl groups is 4. The lowest BCUT2D eigenvalue weighted by molar-refractivity contribution is -0.154. The molecule has 26 unspecified atom stereocenters. The van der Waals surface area contributed by atoms with E-state index in [0.717, 1.165) is 61.4 Å². The zero-order valence-electron chi connectivity index (χ0n) is 106. The lowest BCUT2D eigenvalue weighted by Crippen LogP contribution is -2.54. The minimum Gasteiger partial charge on any atom is -0.462 e. The molecule has 858 valence electrons. The molecule has 16 aliphatic carbocycles. The summed E-state index contributed by atoms with van der Waals surface area (Å²) in [6.45, 7) is 99.8. The molecule has 0 aromatic rings. The Bertz CT molecular complexity index is 4500. The summed E-state index contributed by atoms with van der Waals surface area (Å²) in [7, 11) is 3.56. The molecule has 148 heavy (non-hydrogen) atoms. The lowest BCUT2D eigenvalue weighted by atomic mass is 9.48. The van der Waals surface area contributed by atoms with E-state index in [0.29, 0.717) is 116 Å². The van der Waals surface area contributed by atoms with Crippen molar-refractivity contribution < 1.29 is 53.6 Å². The summed E-state index contributed by atoms with van der Waals surface area (Å²) >= 11 is 0. The fraction of sp³-hybridized carbons (Fsp3) is 0.905. The monoisotopic (exact) mass is 2070 g/mol. The van der Waals surface area contributed by atoms with E-state index in [9.17, 15) is 25.2 Å². The lowest BCUT2D eigenvalue weighted by Gasteiger charge is -2.58. The van der Waals surface area contributed by atoms with Gasteiger partial charge in [0.15, 0.2) is 0 Å². The molecular weight excluding hydrogens is 1820 g/mol. The van der Waals surface area contributed by atoms with E-state index in [2.05, 4.69) is 242 Å². The number of hydrogen-bond acceptors (Lipinski definition) is 11. The molecule has 0 saturated heterocycles. The number of aliphatic hydroxyl groups excluding tert-OH is 2. The highest BCUT2D eigenvalue weighted by atomic mass is 16.7. The number of carbonyl (C=O) groups excluding carboxylic acids is 1. The molecule has 0 aromatic carbocycles. The number of methoxy groups -OCH3 is 2. The second kappa shape index (κ2) is 49.8. The fourth-order valence-corrected chi connectivity index (χ4v) is 33.8. The molecule has 16 rings (SSSR count). The summed E-state index contributed by atoms with van der Waals surface area (Å²) in [5.41, 5.74) is 23.6. The van der Waals surface area contributed by atoms with E-state index in [1.807, 2.05) is 55.6 Å². The van der Waals surface area contributed by atoms with Crippen LogP contribution >= 0.6 is 0 Å². The standard InChI is InChI=1S/C18H32O2.C18H30O2.C18H32O2.C17H32O.2C17H30O.C16H30O.C16H28O/c1-13-10-15-8-7-9-17(3,4)16(15)11-18(13,5)14(2)20-12-19-6;1-12-10-15-8-7-9-17(4,5)16(15)11-18(12,6)13(2)20-14(3)19;1-6-19-12-20-14(3)16-11-17-15(10-13(16)2)8-7-9-18(17,4)5;2*1-12-10-13-8-7-9-15(2,3)14(13)11-17(12,6)16(4,5)18;1-12-10-14-8-7-9-16(3,4)15(14)11-17(12,5)13(2)18-6;2*1-11-9-13-7-6-8-15(3,4)14(13)10-16(11,5)12(2)17/h13-14H,7-12H2,1-6H3;12-13H,7-11H2,1-6H3;13-14,16H,6-12H2,1-5H3;12-14,18H,7-11H2,1-6H3;12,18H,7-11H2,1-6H3;12-13H,7-11H2,1-6H3;11-14,17H,6-10H2,1-5H3;11-12,17H,6-10H2,1-5H3. The van der Waals surface area contributed by atoms with Crippen LogP contribution in [-0.4, -0.2) is 109 Å². The highest BCUT2D eigenvalue weighted by Crippen LogP contribution is 2.66. The molecule has 4 fully saturated rings. The smallest absolute Gasteiger partial charge is 0.302 e. The van der Waals surface area contributed by atoms with Crippen LogP contribution in [0.3, 0.4) is 0 Å². The van der Waals surface area contributed by atoms with Gasteiger partial charge in [-0.05, 0) is 444 Å². The predicted octanol–water partition coefficient (Wildman–Crippen LogP) is 37.6. The van der Waals surface area contributed by atoms with Gasteiger partial charge in [-0.3, -0.25) is 4.79 Å². The fourth-order valence-electron chi connectivity index (χ4n) is 33.8. The van der Waals surface area contributed by atoms with Crippen molar-refractivity contribution in [1.29, 1.82) is 0 Å². The number of allylic oxidation sites excluding steroid dienone is 12. The molecule has 0 amide bonds. The number of hydrogen-bond donors (Lipinski definition) is 4. The van der Waals surface area contributed by atoms with Crippen LogP contribution < -0.4 is 0 Å². The van der Waals surface area contributed by atoms with Crippen molar-refractivity contribution in [3.63, 3.8) is 0 Å². The zero-order chi connectivity index (χ0) is 112. The molecule has 16 aliphatic rings. The van der Waals surface area contributed by atoms with E-state index in [-0.39, 0.29) is 62.9 Å². The minimum absolute atomic E-state index is 0.0122. The van der Waals surface area contributed by atoms with Crippen molar-refractivity contribution in [3.05, 3.63) is 66.9 Å². The summed E-state index contributed by atoms with van der Waals surface area (Å²) in [5, 5.41) is 41.6. The van der Waals surface area contributed by atoms with E-state index in [4.69, 9.17) is 28.4 Å². The normalized spacial score (nSPS) is 37.8. The molecule has 0 bridgehead atoms. The Balaban J connectivity index is 0.000000188. The van der Waals surface area contributed by atoms with Crippen LogP contribution in [0.5, 0.6) is 0 Å². The van der Waals surface area contributed by atoms with Crippen molar-refractivity contribution in [2.45, 2.75) is 602 Å². The van der Waals surface area contributed by atoms with Crippen LogP contribution in [0.2, 0.25) is 0 Å². The molecule has 0 radical (unpaired) electrons. The Kier molecular flexibility index (Phi) is 43.4. The maximum Gasteiger partial charge on any atom is 0.302 e. The van der Waals surface area contributed by atoms with Gasteiger partial charge in [-0.15, -0.1) is 0 Å². The van der Waals surface area contributed by atoms with Crippen LogP contribution in [0.25, 0.3) is 0 Å². The topological polar surface area (TPSA) is 153 Å². The molecule has 0 aromatic heterocycles. The Morgan fingerprint density at radius 2 is 0.682 bits per heavy atom. The third-order valence-corrected chi connectivity index (χ3v) is 48.6. The highest BCUT2D eigenvalue weighted by Gasteiger charge is 2.58. The van der Waals surface area contributed by atoms with Crippen molar-refractivity contribution in [1.82, 2.24) is 0 Å². The van der Waals surface area contributed by atoms with Gasteiger partial charge in [0, 0.05) is 49.4 Å². The molecule has 26 atom stereocenters. The maximum atomic E-state index is 11.3. The summed E-state index contributed by atoms with van der Waals surface area (Å²) in [4.78, 5) is 11.3. The minimum atomic E-state index is -0.599. The van der Waals surface area contributed by atoms with Crippen LogP contribution in [0.15, 0.2) is 66.9 Å². The molecule has 4 N–H and O–H groups in total. The van der Waals surface area contributed by atoms with Crippen molar-refractivity contribution in [2.24, 2.45) is 158 Å². The van der Waals surface area contributed by atoms with Gasteiger partial charge in [0.1, 0.15) is 19.7 Å². The summed E-state index contributed by atoms with van der Waals surface area (Å²) in [5.74, 6) is 9.14. The summed E-state index contributed by atoms with van der Waals surface area (Å²) < 4.78 is 33.5. The van der Waals surface area contributed by atoms with Gasteiger partial charge in [0.25, 0.3) is 0 Å². The third kappa shape index (κ3) is 28.9. The average molecular weight is 2070 g/mol. The van der Waals surface area contributed by atoms with Gasteiger partial charge in [0.2, 0.25) is 0 Å². The van der Waals surface area contributed by atoms with Gasteiger partial charge in [-0.2, -0.15) is 0 Å². The van der Waals surface area contributed by atoms with Crippen LogP contribution in [0, 0.1) is 158 Å². The second-order valence-electron chi connectivity index (χ2n) is 62.2. The second-order valence-corrected chi connectivity index (χ2v) is 62.2. The Labute approximate surface area is 915 Å². The molecular formula is C137H244O11. The Hall–Kier alpha value is -2.45. The Morgan fingerprint density at radius 1 is 0.358 bits per heavy atom. The summed E-state index contributed by atoms with van der Waals surface area (Å²) in [6, 6.07) is 0. The first-order valence-corrected chi connectivity index (χ1v) is 62.0. The van der Waals surface area contributed by atoms with Crippen molar-refractivity contribution in [3.8, 4) is 0 Å². The van der Waals surface area contributed by atoms with E-state index in [1.165, 1.54) is 244 Å².